The SMILES string of the molecule is Cc1ccc(C(=O)NC2CC2)cc1NC(=O)CCc1cccc2c1OCO2. The molecule has 1 saturated carbocycles. The Kier molecular flexibility index (Phi) is 4.71. The highest BCUT2D eigenvalue weighted by atomic mass is 16.7. The molecular weight excluding hydrogens is 344 g/mol. The molecule has 27 heavy (non-hydrogen) atoms. The van der Waals surface area contributed by atoms with Gasteiger partial charge in [-0.3, -0.25) is 9.59 Å². The van der Waals surface area contributed by atoms with Crippen LogP contribution in [-0.2, 0) is 11.2 Å². The molecule has 0 radical (unpaired) electrons. The highest BCUT2D eigenvalue weighted by molar-refractivity contribution is 5.98. The molecule has 4 rings (SSSR count). The van der Waals surface area contributed by atoms with Crippen molar-refractivity contribution in [2.24, 2.45) is 0 Å². The molecule has 1 aliphatic heterocycles. The summed E-state index contributed by atoms with van der Waals surface area (Å²) in [7, 11) is 0. The smallest absolute Gasteiger partial charge is 0.251 e. The fourth-order valence-corrected chi connectivity index (χ4v) is 3.04. The third kappa shape index (κ3) is 4.05. The molecule has 0 aromatic heterocycles. The van der Waals surface area contributed by atoms with E-state index in [-0.39, 0.29) is 18.6 Å². The van der Waals surface area contributed by atoms with Crippen LogP contribution < -0.4 is 20.1 Å². The van der Waals surface area contributed by atoms with E-state index in [4.69, 9.17) is 9.47 Å². The summed E-state index contributed by atoms with van der Waals surface area (Å²) in [5, 5.41) is 5.88. The molecule has 2 aliphatic rings. The number of benzene rings is 2. The molecule has 2 aromatic rings. The largest absolute Gasteiger partial charge is 0.454 e. The predicted octanol–water partition coefficient (Wildman–Crippen LogP) is 3.19. The van der Waals surface area contributed by atoms with Crippen molar-refractivity contribution in [3.8, 4) is 11.5 Å². The van der Waals surface area contributed by atoms with Gasteiger partial charge in [-0.25, -0.2) is 0 Å². The van der Waals surface area contributed by atoms with Gasteiger partial charge in [-0.05, 0) is 55.5 Å². The van der Waals surface area contributed by atoms with E-state index in [1.165, 1.54) is 0 Å². The topological polar surface area (TPSA) is 76.7 Å². The Balaban J connectivity index is 1.39. The summed E-state index contributed by atoms with van der Waals surface area (Å²) < 4.78 is 10.8. The van der Waals surface area contributed by atoms with Gasteiger partial charge in [0.1, 0.15) is 0 Å². The number of hydrogen-bond donors (Lipinski definition) is 2. The normalized spacial score (nSPS) is 14.7. The minimum absolute atomic E-state index is 0.0926. The Morgan fingerprint density at radius 3 is 2.81 bits per heavy atom. The van der Waals surface area contributed by atoms with Gasteiger partial charge in [-0.2, -0.15) is 0 Å². The fourth-order valence-electron chi connectivity index (χ4n) is 3.04. The molecule has 6 heteroatoms. The fraction of sp³-hybridized carbons (Fsp3) is 0.333. The molecule has 1 aliphatic carbocycles. The monoisotopic (exact) mass is 366 g/mol. The number of aryl methyl sites for hydroxylation is 2. The Morgan fingerprint density at radius 2 is 2.00 bits per heavy atom. The van der Waals surface area contributed by atoms with Crippen molar-refractivity contribution in [3.63, 3.8) is 0 Å². The lowest BCUT2D eigenvalue weighted by Gasteiger charge is -2.11. The summed E-state index contributed by atoms with van der Waals surface area (Å²) in [6.45, 7) is 2.13. The van der Waals surface area contributed by atoms with Gasteiger partial charge in [0.15, 0.2) is 11.5 Å². The van der Waals surface area contributed by atoms with Gasteiger partial charge in [-0.1, -0.05) is 18.2 Å². The number of rotatable bonds is 6. The van der Waals surface area contributed by atoms with E-state index < -0.39 is 0 Å². The molecule has 0 atom stereocenters. The Labute approximate surface area is 157 Å². The summed E-state index contributed by atoms with van der Waals surface area (Å²) in [6, 6.07) is 11.4. The number of para-hydroxylation sites is 1. The number of fused-ring (bicyclic) bond motifs is 1. The van der Waals surface area contributed by atoms with Gasteiger partial charge < -0.3 is 20.1 Å². The lowest BCUT2D eigenvalue weighted by atomic mass is 10.1. The van der Waals surface area contributed by atoms with E-state index in [2.05, 4.69) is 10.6 Å². The average molecular weight is 366 g/mol. The number of carbonyl (C=O) groups excluding carboxylic acids is 2. The molecule has 0 unspecified atom stereocenters. The van der Waals surface area contributed by atoms with E-state index in [1.54, 1.807) is 12.1 Å². The minimum Gasteiger partial charge on any atom is -0.454 e. The molecule has 1 fully saturated rings. The highest BCUT2D eigenvalue weighted by Crippen LogP contribution is 2.35. The first-order chi connectivity index (χ1) is 13.1. The number of hydrogen-bond acceptors (Lipinski definition) is 4. The summed E-state index contributed by atoms with van der Waals surface area (Å²) in [5.74, 6) is 1.25. The van der Waals surface area contributed by atoms with Gasteiger partial charge in [0.25, 0.3) is 5.91 Å². The molecule has 140 valence electrons. The number of carbonyl (C=O) groups is 2. The van der Waals surface area contributed by atoms with Crippen molar-refractivity contribution < 1.29 is 19.1 Å². The second-order valence-electron chi connectivity index (χ2n) is 6.98. The van der Waals surface area contributed by atoms with Crippen molar-refractivity contribution in [2.45, 2.75) is 38.6 Å². The maximum atomic E-state index is 12.4. The maximum absolute atomic E-state index is 12.4. The molecule has 0 saturated heterocycles. The lowest BCUT2D eigenvalue weighted by Crippen LogP contribution is -2.25. The summed E-state index contributed by atoms with van der Waals surface area (Å²) in [4.78, 5) is 24.6. The first-order valence-corrected chi connectivity index (χ1v) is 9.19. The zero-order valence-electron chi connectivity index (χ0n) is 15.2. The van der Waals surface area contributed by atoms with Crippen LogP contribution in [0.3, 0.4) is 0 Å². The van der Waals surface area contributed by atoms with Crippen molar-refractivity contribution >= 4 is 17.5 Å². The van der Waals surface area contributed by atoms with Crippen molar-refractivity contribution in [1.82, 2.24) is 5.32 Å². The first-order valence-electron chi connectivity index (χ1n) is 9.19. The number of nitrogens with one attached hydrogen (secondary N) is 2. The van der Waals surface area contributed by atoms with Crippen molar-refractivity contribution in [3.05, 3.63) is 53.1 Å². The first kappa shape index (κ1) is 17.4. The summed E-state index contributed by atoms with van der Waals surface area (Å²) in [6.07, 6.45) is 2.95. The molecular formula is C21H22N2O4. The Hall–Kier alpha value is -3.02. The molecule has 2 amide bonds. The van der Waals surface area contributed by atoms with Crippen LogP contribution in [0.2, 0.25) is 0 Å². The van der Waals surface area contributed by atoms with E-state index in [0.717, 1.165) is 35.5 Å². The average Bonchev–Trinajstić information content (AvgIpc) is 3.33. The molecule has 6 nitrogen and oxygen atoms in total. The lowest BCUT2D eigenvalue weighted by molar-refractivity contribution is -0.116. The van der Waals surface area contributed by atoms with E-state index in [1.807, 2.05) is 31.2 Å². The molecule has 0 bridgehead atoms. The van der Waals surface area contributed by atoms with Crippen molar-refractivity contribution in [1.29, 1.82) is 0 Å². The molecule has 2 N–H and O–H groups in total. The number of anilines is 1. The third-order valence-corrected chi connectivity index (χ3v) is 4.79. The highest BCUT2D eigenvalue weighted by Gasteiger charge is 2.24. The van der Waals surface area contributed by atoms with Gasteiger partial charge in [0.05, 0.1) is 0 Å². The van der Waals surface area contributed by atoms with Crippen LogP contribution in [0.25, 0.3) is 0 Å². The maximum Gasteiger partial charge on any atom is 0.251 e. The Bertz CT molecular complexity index is 890. The van der Waals surface area contributed by atoms with Crippen LogP contribution in [0, 0.1) is 6.92 Å². The van der Waals surface area contributed by atoms with Crippen LogP contribution in [0.1, 0.15) is 40.7 Å². The van der Waals surface area contributed by atoms with Gasteiger partial charge in [-0.15, -0.1) is 0 Å². The second kappa shape index (κ2) is 7.31. The van der Waals surface area contributed by atoms with Crippen LogP contribution in [0.15, 0.2) is 36.4 Å². The quantitative estimate of drug-likeness (QED) is 0.823. The molecule has 1 heterocycles. The summed E-state index contributed by atoms with van der Waals surface area (Å²) >= 11 is 0. The van der Waals surface area contributed by atoms with Crippen LogP contribution in [0.5, 0.6) is 11.5 Å². The van der Waals surface area contributed by atoms with Crippen LogP contribution in [0.4, 0.5) is 5.69 Å². The number of ether oxygens (including phenoxy) is 2. The predicted molar refractivity (Wildman–Crippen MR) is 101 cm³/mol. The second-order valence-corrected chi connectivity index (χ2v) is 6.98. The van der Waals surface area contributed by atoms with E-state index in [9.17, 15) is 9.59 Å². The van der Waals surface area contributed by atoms with Gasteiger partial charge >= 0.3 is 0 Å². The minimum atomic E-state index is -0.102. The summed E-state index contributed by atoms with van der Waals surface area (Å²) in [5.41, 5.74) is 3.11. The van der Waals surface area contributed by atoms with E-state index >= 15 is 0 Å². The van der Waals surface area contributed by atoms with Crippen LogP contribution in [-0.4, -0.2) is 24.6 Å². The van der Waals surface area contributed by atoms with Gasteiger partial charge in [0, 0.05) is 23.7 Å². The third-order valence-electron chi connectivity index (χ3n) is 4.79. The van der Waals surface area contributed by atoms with Gasteiger partial charge in [0.2, 0.25) is 12.7 Å². The van der Waals surface area contributed by atoms with Crippen LogP contribution >= 0.6 is 0 Å². The molecule has 0 spiro atoms. The van der Waals surface area contributed by atoms with Crippen molar-refractivity contribution in [2.75, 3.05) is 12.1 Å². The van der Waals surface area contributed by atoms with E-state index in [0.29, 0.717) is 30.1 Å². The Morgan fingerprint density at radius 1 is 1.15 bits per heavy atom. The zero-order chi connectivity index (χ0) is 18.8. The zero-order valence-corrected chi connectivity index (χ0v) is 15.2. The standard InChI is InChI=1S/C21H22N2O4/c1-13-5-6-15(21(25)22-16-8-9-16)11-17(13)23-19(24)10-7-14-3-2-4-18-20(14)27-12-26-18/h2-6,11,16H,7-10,12H2,1H3,(H,22,25)(H,23,24). The number of amides is 2. The molecule has 2 aromatic carbocycles.